The molecule has 3 aliphatic heterocycles. The van der Waals surface area contributed by atoms with Crippen LogP contribution in [0.3, 0.4) is 0 Å². The van der Waals surface area contributed by atoms with E-state index in [-0.39, 0.29) is 41.9 Å². The molecule has 2 amide bonds. The van der Waals surface area contributed by atoms with Crippen LogP contribution in [-0.2, 0) is 26.5 Å². The number of ether oxygens (including phenoxy) is 1. The van der Waals surface area contributed by atoms with E-state index in [9.17, 15) is 19.5 Å². The van der Waals surface area contributed by atoms with Gasteiger partial charge in [0.05, 0.1) is 24.3 Å². The fraction of sp³-hybridized carbons (Fsp3) is 0.484. The zero-order valence-electron chi connectivity index (χ0n) is 24.4. The number of aliphatic hydroxyl groups is 1. The van der Waals surface area contributed by atoms with Crippen molar-refractivity contribution in [3.63, 3.8) is 0 Å². The molecule has 0 saturated carbocycles. The van der Waals surface area contributed by atoms with Gasteiger partial charge in [-0.25, -0.2) is 0 Å². The second kappa shape index (κ2) is 11.0. The Morgan fingerprint density at radius 3 is 2.67 bits per heavy atom. The molecule has 2 aromatic carbocycles. The third-order valence-electron chi connectivity index (χ3n) is 9.30. The van der Waals surface area contributed by atoms with Gasteiger partial charge in [0.1, 0.15) is 0 Å². The van der Waals surface area contributed by atoms with Crippen molar-refractivity contribution in [2.24, 2.45) is 5.92 Å². The normalized spacial score (nSPS) is 26.5. The minimum Gasteiger partial charge on any atom is -0.432 e. The Bertz CT molecular complexity index is 1470. The van der Waals surface area contributed by atoms with E-state index >= 15 is 0 Å². The minimum absolute atomic E-state index is 0.0829. The Morgan fingerprint density at radius 2 is 1.95 bits per heavy atom. The summed E-state index contributed by atoms with van der Waals surface area (Å²) >= 11 is 0. The second-order valence-corrected chi connectivity index (χ2v) is 16.4. The van der Waals surface area contributed by atoms with E-state index in [1.54, 1.807) is 9.58 Å². The lowest BCUT2D eigenvalue weighted by molar-refractivity contribution is -0.143. The summed E-state index contributed by atoms with van der Waals surface area (Å²) in [5.41, 5.74) is 2.37. The zero-order chi connectivity index (χ0) is 29.6. The molecule has 1 spiro atoms. The maximum atomic E-state index is 13.7. The number of carbonyl (C=O) groups is 2. The third kappa shape index (κ3) is 4.87. The fourth-order valence-corrected chi connectivity index (χ4v) is 9.90. The Balaban J connectivity index is 1.27. The molecule has 222 valence electrons. The highest BCUT2D eigenvalue weighted by Gasteiger charge is 2.64. The molecule has 6 rings (SSSR count). The highest BCUT2D eigenvalue weighted by atomic mass is 28.4. The lowest BCUT2D eigenvalue weighted by Crippen LogP contribution is -2.43. The molecule has 3 aliphatic rings. The lowest BCUT2D eigenvalue weighted by Gasteiger charge is -2.32. The number of nitrogens with one attached hydrogen (secondary N) is 1. The van der Waals surface area contributed by atoms with Gasteiger partial charge >= 0.3 is 0 Å². The Hall–Kier alpha value is -3.38. The molecule has 42 heavy (non-hydrogen) atoms. The van der Waals surface area contributed by atoms with Crippen LogP contribution in [0.5, 0.6) is 0 Å². The van der Waals surface area contributed by atoms with Crippen molar-refractivity contribution in [2.75, 3.05) is 23.4 Å². The van der Waals surface area contributed by atoms with Gasteiger partial charge in [-0.05, 0) is 56.1 Å². The Morgan fingerprint density at radius 1 is 1.17 bits per heavy atom. The second-order valence-electron chi connectivity index (χ2n) is 12.4. The molecular weight excluding hydrogens is 550 g/mol. The lowest BCUT2D eigenvalue weighted by atomic mass is 9.82. The van der Waals surface area contributed by atoms with Crippen molar-refractivity contribution >= 4 is 31.5 Å². The number of fused-ring (bicyclic) bond motifs is 2. The summed E-state index contributed by atoms with van der Waals surface area (Å²) in [5.74, 6) is -0.696. The van der Waals surface area contributed by atoms with Crippen LogP contribution in [0.2, 0.25) is 18.6 Å². The number of amides is 2. The van der Waals surface area contributed by atoms with Crippen molar-refractivity contribution in [1.82, 2.24) is 15.0 Å². The van der Waals surface area contributed by atoms with Crippen molar-refractivity contribution in [2.45, 2.75) is 75.4 Å². The summed E-state index contributed by atoms with van der Waals surface area (Å²) in [6.07, 6.45) is 4.34. The number of aryl methyl sites for hydroxylation is 1. The largest absolute Gasteiger partial charge is 0.432 e. The third-order valence-corrected chi connectivity index (χ3v) is 11.8. The molecule has 1 unspecified atom stereocenters. The van der Waals surface area contributed by atoms with Gasteiger partial charge in [0.2, 0.25) is 5.91 Å². The first-order valence-electron chi connectivity index (χ1n) is 14.9. The average molecular weight is 590 g/mol. The predicted octanol–water partition coefficient (Wildman–Crippen LogP) is 3.76. The molecule has 0 bridgehead atoms. The van der Waals surface area contributed by atoms with Crippen LogP contribution in [-0.4, -0.2) is 64.3 Å². The van der Waals surface area contributed by atoms with E-state index in [4.69, 9.17) is 4.74 Å². The number of rotatable bonds is 8. The Kier molecular flexibility index (Phi) is 7.54. The van der Waals surface area contributed by atoms with Crippen molar-refractivity contribution in [1.29, 1.82) is 0 Å². The van der Waals surface area contributed by atoms with E-state index in [0.29, 0.717) is 37.3 Å². The van der Waals surface area contributed by atoms with Crippen LogP contribution in [0, 0.1) is 5.92 Å². The van der Waals surface area contributed by atoms with Crippen LogP contribution in [0.1, 0.15) is 55.3 Å². The zero-order valence-corrected chi connectivity index (χ0v) is 25.4. The maximum Gasteiger partial charge on any atom is 0.261 e. The van der Waals surface area contributed by atoms with E-state index in [2.05, 4.69) is 15.6 Å². The van der Waals surface area contributed by atoms with E-state index in [0.717, 1.165) is 29.7 Å². The fourth-order valence-electron chi connectivity index (χ4n) is 7.30. The molecule has 0 radical (unpaired) electrons. The SMILES string of the molecule is C[C@H]1[C@H]([Si](C)(C)O)[C@@H](CCn2cc(C(CO)c3ccccc3)nn2)O[C@]12C(=O)Nc1ccc(N3CCCCC3=O)cc12. The number of nitrogens with zero attached hydrogens (tertiary/aromatic N) is 4. The minimum atomic E-state index is -2.80. The van der Waals surface area contributed by atoms with E-state index < -0.39 is 13.9 Å². The maximum absolute atomic E-state index is 13.7. The van der Waals surface area contributed by atoms with E-state index in [1.807, 2.05) is 74.7 Å². The smallest absolute Gasteiger partial charge is 0.261 e. The number of benzene rings is 2. The molecule has 11 heteroatoms. The van der Waals surface area contributed by atoms with Crippen LogP contribution in [0.25, 0.3) is 0 Å². The van der Waals surface area contributed by atoms with Crippen LogP contribution in [0.15, 0.2) is 54.7 Å². The molecule has 5 atom stereocenters. The van der Waals surface area contributed by atoms with Gasteiger partial charge < -0.3 is 24.9 Å². The highest BCUT2D eigenvalue weighted by Crippen LogP contribution is 2.58. The summed E-state index contributed by atoms with van der Waals surface area (Å²) in [6, 6.07) is 15.4. The number of carbonyl (C=O) groups excluding carboxylic acids is 2. The summed E-state index contributed by atoms with van der Waals surface area (Å²) in [5, 5.41) is 21.7. The predicted molar refractivity (Wildman–Crippen MR) is 160 cm³/mol. The van der Waals surface area contributed by atoms with Gasteiger partial charge in [0.25, 0.3) is 5.91 Å². The van der Waals surface area contributed by atoms with Crippen molar-refractivity contribution < 1.29 is 24.2 Å². The van der Waals surface area contributed by atoms with E-state index in [1.165, 1.54) is 0 Å². The van der Waals surface area contributed by atoms with Crippen LogP contribution in [0.4, 0.5) is 11.4 Å². The molecule has 3 aromatic rings. The first-order chi connectivity index (χ1) is 20.1. The first-order valence-corrected chi connectivity index (χ1v) is 17.9. The van der Waals surface area contributed by atoms with Gasteiger partial charge in [-0.15, -0.1) is 5.10 Å². The van der Waals surface area contributed by atoms with Gasteiger partial charge in [-0.3, -0.25) is 14.3 Å². The molecular formula is C31H39N5O5Si. The van der Waals surface area contributed by atoms with Crippen molar-refractivity contribution in [3.05, 3.63) is 71.5 Å². The number of aromatic nitrogens is 3. The quantitative estimate of drug-likeness (QED) is 0.341. The number of hydrogen-bond acceptors (Lipinski definition) is 7. The molecule has 0 aliphatic carbocycles. The molecule has 3 N–H and O–H groups in total. The van der Waals surface area contributed by atoms with Crippen molar-refractivity contribution in [3.8, 4) is 0 Å². The van der Waals surface area contributed by atoms with Gasteiger partial charge in [-0.2, -0.15) is 0 Å². The first kappa shape index (κ1) is 28.7. The standard InChI is InChI=1S/C31H39N5O5Si/c1-20-29(42(2,3)40)27(14-16-35-18-26(33-34-35)23(19-37)21-9-5-4-6-10-21)41-31(20)24-17-22(12-13-25(24)32-30(31)39)36-15-8-7-11-28(36)38/h4-6,9-10,12-13,17-18,20,23,27,29,37,40H,7-8,11,14-16,19H2,1-3H3,(H,32,39)/t20-,23?,27+,29-,31+/m0/s1. The van der Waals surface area contributed by atoms with Crippen LogP contribution < -0.4 is 10.2 Å². The molecule has 1 aromatic heterocycles. The summed E-state index contributed by atoms with van der Waals surface area (Å²) in [7, 11) is -2.80. The summed E-state index contributed by atoms with van der Waals surface area (Å²) < 4.78 is 8.54. The highest BCUT2D eigenvalue weighted by molar-refractivity contribution is 6.71. The van der Waals surface area contributed by atoms with Crippen LogP contribution >= 0.6 is 0 Å². The monoisotopic (exact) mass is 589 g/mol. The van der Waals surface area contributed by atoms with Gasteiger partial charge in [0.15, 0.2) is 13.9 Å². The molecule has 10 nitrogen and oxygen atoms in total. The topological polar surface area (TPSA) is 130 Å². The Labute approximate surface area is 246 Å². The number of anilines is 2. The summed E-state index contributed by atoms with van der Waals surface area (Å²) in [6.45, 7) is 6.86. The number of aliphatic hydroxyl groups excluding tert-OH is 1. The molecule has 2 saturated heterocycles. The van der Waals surface area contributed by atoms with Gasteiger partial charge in [0, 0.05) is 54.1 Å². The molecule has 2 fully saturated rings. The number of hydrogen-bond donors (Lipinski definition) is 3. The molecule has 4 heterocycles. The number of piperidine rings is 1. The van der Waals surface area contributed by atoms with Gasteiger partial charge in [-0.1, -0.05) is 42.5 Å². The average Bonchev–Trinajstić information content (AvgIpc) is 3.63. The summed E-state index contributed by atoms with van der Waals surface area (Å²) in [4.78, 5) is 39.7.